The van der Waals surface area contributed by atoms with Crippen molar-refractivity contribution in [3.63, 3.8) is 0 Å². The average molecular weight is 334 g/mol. The molecule has 1 aliphatic rings. The van der Waals surface area contributed by atoms with Crippen molar-refractivity contribution >= 4 is 17.0 Å². The van der Waals surface area contributed by atoms with Gasteiger partial charge in [0.15, 0.2) is 0 Å². The van der Waals surface area contributed by atoms with Gasteiger partial charge >= 0.3 is 0 Å². The minimum atomic E-state index is 0.365. The van der Waals surface area contributed by atoms with Crippen LogP contribution in [0.3, 0.4) is 0 Å². The number of aryl methyl sites for hydroxylation is 1. The van der Waals surface area contributed by atoms with E-state index in [4.69, 9.17) is 10.7 Å². The van der Waals surface area contributed by atoms with Crippen LogP contribution in [0, 0.1) is 6.92 Å². The van der Waals surface area contributed by atoms with Crippen LogP contribution in [0.2, 0.25) is 0 Å². The normalized spacial score (nSPS) is 20.7. The molecule has 1 fully saturated rings. The molecule has 1 saturated carbocycles. The second-order valence-electron chi connectivity index (χ2n) is 7.25. The number of benzene rings is 2. The van der Waals surface area contributed by atoms with Gasteiger partial charge in [0.2, 0.25) is 5.95 Å². The molecule has 25 heavy (non-hydrogen) atoms. The van der Waals surface area contributed by atoms with Gasteiger partial charge in [0, 0.05) is 12.1 Å². The van der Waals surface area contributed by atoms with Crippen LogP contribution in [0.4, 0.5) is 5.95 Å². The van der Waals surface area contributed by atoms with E-state index in [9.17, 15) is 0 Å². The summed E-state index contributed by atoms with van der Waals surface area (Å²) in [5.41, 5.74) is 10.9. The van der Waals surface area contributed by atoms with E-state index >= 15 is 0 Å². The molecule has 130 valence electrons. The number of hydrogen-bond acceptors (Lipinski definition) is 3. The quantitative estimate of drug-likeness (QED) is 0.756. The maximum absolute atomic E-state index is 6.05. The van der Waals surface area contributed by atoms with Crippen LogP contribution < -0.4 is 11.1 Å². The zero-order valence-electron chi connectivity index (χ0n) is 14.8. The van der Waals surface area contributed by atoms with Gasteiger partial charge < -0.3 is 15.6 Å². The molecule has 0 spiro atoms. The van der Waals surface area contributed by atoms with Crippen molar-refractivity contribution in [3.05, 3.63) is 59.7 Å². The summed E-state index contributed by atoms with van der Waals surface area (Å²) in [6.07, 6.45) is 4.43. The second-order valence-corrected chi connectivity index (χ2v) is 7.25. The number of rotatable bonds is 4. The van der Waals surface area contributed by atoms with E-state index in [2.05, 4.69) is 65.3 Å². The Balaban J connectivity index is 1.64. The highest BCUT2D eigenvalue weighted by atomic mass is 15.2. The Labute approximate surface area is 149 Å². The van der Waals surface area contributed by atoms with Gasteiger partial charge in [-0.3, -0.25) is 0 Å². The summed E-state index contributed by atoms with van der Waals surface area (Å²) in [6.45, 7) is 2.95. The molecule has 1 aliphatic carbocycles. The third kappa shape index (κ3) is 3.54. The molecule has 0 radical (unpaired) electrons. The first-order valence-electron chi connectivity index (χ1n) is 9.22. The lowest BCUT2D eigenvalue weighted by Gasteiger charge is -2.27. The fraction of sp³-hybridized carbons (Fsp3) is 0.381. The van der Waals surface area contributed by atoms with Gasteiger partial charge in [-0.15, -0.1) is 0 Å². The van der Waals surface area contributed by atoms with Crippen LogP contribution >= 0.6 is 0 Å². The monoisotopic (exact) mass is 334 g/mol. The van der Waals surface area contributed by atoms with E-state index in [1.54, 1.807) is 0 Å². The molecule has 1 heterocycles. The number of nitrogens with two attached hydrogens (primary N) is 1. The molecule has 4 heteroatoms. The summed E-state index contributed by atoms with van der Waals surface area (Å²) in [7, 11) is 0. The number of imidazole rings is 1. The minimum absolute atomic E-state index is 0.365. The third-order valence-corrected chi connectivity index (χ3v) is 5.22. The van der Waals surface area contributed by atoms with Crippen molar-refractivity contribution in [1.29, 1.82) is 0 Å². The Morgan fingerprint density at radius 1 is 1.04 bits per heavy atom. The van der Waals surface area contributed by atoms with E-state index in [0.29, 0.717) is 12.1 Å². The Morgan fingerprint density at radius 3 is 2.52 bits per heavy atom. The molecular weight excluding hydrogens is 308 g/mol. The summed E-state index contributed by atoms with van der Waals surface area (Å²) in [5, 5.41) is 3.69. The largest absolute Gasteiger partial charge is 0.353 e. The highest BCUT2D eigenvalue weighted by Gasteiger charge is 2.20. The van der Waals surface area contributed by atoms with E-state index in [-0.39, 0.29) is 0 Å². The van der Waals surface area contributed by atoms with E-state index in [1.165, 1.54) is 16.6 Å². The average Bonchev–Trinajstić information content (AvgIpc) is 2.96. The molecular formula is C21H26N4. The second kappa shape index (κ2) is 6.89. The zero-order valence-corrected chi connectivity index (χ0v) is 14.8. The van der Waals surface area contributed by atoms with Crippen LogP contribution in [0.1, 0.15) is 36.8 Å². The van der Waals surface area contributed by atoms with Crippen LogP contribution in [0.5, 0.6) is 0 Å². The SMILES string of the molecule is Cc1ccc(Cn2c(NC3CCC(N)CC3)nc3ccccc32)cc1. The molecule has 0 unspecified atom stereocenters. The topological polar surface area (TPSA) is 55.9 Å². The minimum Gasteiger partial charge on any atom is -0.353 e. The molecule has 0 saturated heterocycles. The summed E-state index contributed by atoms with van der Waals surface area (Å²) in [6, 6.07) is 17.9. The number of aromatic nitrogens is 2. The number of anilines is 1. The predicted octanol–water partition coefficient (Wildman–Crippen LogP) is 4.07. The van der Waals surface area contributed by atoms with E-state index < -0.39 is 0 Å². The maximum Gasteiger partial charge on any atom is 0.204 e. The smallest absolute Gasteiger partial charge is 0.204 e. The van der Waals surface area contributed by atoms with E-state index in [1.807, 2.05) is 0 Å². The van der Waals surface area contributed by atoms with Crippen molar-refractivity contribution in [2.75, 3.05) is 5.32 Å². The van der Waals surface area contributed by atoms with Gasteiger partial charge in [-0.2, -0.15) is 0 Å². The molecule has 3 aromatic rings. The number of nitrogens with zero attached hydrogens (tertiary/aromatic N) is 2. The van der Waals surface area contributed by atoms with Gasteiger partial charge in [-0.25, -0.2) is 4.98 Å². The van der Waals surface area contributed by atoms with E-state index in [0.717, 1.165) is 43.7 Å². The molecule has 2 aromatic carbocycles. The fourth-order valence-corrected chi connectivity index (χ4v) is 3.67. The first-order valence-corrected chi connectivity index (χ1v) is 9.22. The van der Waals surface area contributed by atoms with Crippen molar-refractivity contribution in [2.24, 2.45) is 5.73 Å². The maximum atomic E-state index is 6.05. The molecule has 3 N–H and O–H groups in total. The number of hydrogen-bond donors (Lipinski definition) is 2. The highest BCUT2D eigenvalue weighted by Crippen LogP contribution is 2.25. The molecule has 4 rings (SSSR count). The lowest BCUT2D eigenvalue weighted by Crippen LogP contribution is -2.33. The summed E-state index contributed by atoms with van der Waals surface area (Å²) in [4.78, 5) is 4.86. The predicted molar refractivity (Wildman–Crippen MR) is 104 cm³/mol. The van der Waals surface area contributed by atoms with Crippen LogP contribution in [0.25, 0.3) is 11.0 Å². The van der Waals surface area contributed by atoms with Crippen LogP contribution in [-0.4, -0.2) is 21.6 Å². The number of nitrogens with one attached hydrogen (secondary N) is 1. The Bertz CT molecular complexity index is 842. The molecule has 0 amide bonds. The summed E-state index contributed by atoms with van der Waals surface area (Å²) in [5.74, 6) is 0.974. The Morgan fingerprint density at radius 2 is 1.76 bits per heavy atom. The van der Waals surface area contributed by atoms with Crippen molar-refractivity contribution in [3.8, 4) is 0 Å². The number of para-hydroxylation sites is 2. The summed E-state index contributed by atoms with van der Waals surface area (Å²) < 4.78 is 2.30. The summed E-state index contributed by atoms with van der Waals surface area (Å²) >= 11 is 0. The molecule has 1 aromatic heterocycles. The van der Waals surface area contributed by atoms with Gasteiger partial charge in [-0.05, 0) is 50.3 Å². The lowest BCUT2D eigenvalue weighted by atomic mass is 9.92. The molecule has 4 nitrogen and oxygen atoms in total. The highest BCUT2D eigenvalue weighted by molar-refractivity contribution is 5.78. The first kappa shape index (κ1) is 16.2. The van der Waals surface area contributed by atoms with Gasteiger partial charge in [-0.1, -0.05) is 42.0 Å². The zero-order chi connectivity index (χ0) is 17.2. The lowest BCUT2D eigenvalue weighted by molar-refractivity contribution is 0.409. The van der Waals surface area contributed by atoms with Crippen LogP contribution in [-0.2, 0) is 6.54 Å². The first-order chi connectivity index (χ1) is 12.2. The van der Waals surface area contributed by atoms with Crippen molar-refractivity contribution in [2.45, 2.75) is 51.2 Å². The number of fused-ring (bicyclic) bond motifs is 1. The van der Waals surface area contributed by atoms with Gasteiger partial charge in [0.25, 0.3) is 0 Å². The fourth-order valence-electron chi connectivity index (χ4n) is 3.67. The molecule has 0 atom stereocenters. The van der Waals surface area contributed by atoms with Gasteiger partial charge in [0.05, 0.1) is 17.6 Å². The van der Waals surface area contributed by atoms with Gasteiger partial charge in [0.1, 0.15) is 0 Å². The van der Waals surface area contributed by atoms with Crippen molar-refractivity contribution < 1.29 is 0 Å². The van der Waals surface area contributed by atoms with Crippen molar-refractivity contribution in [1.82, 2.24) is 9.55 Å². The van der Waals surface area contributed by atoms with Crippen LogP contribution in [0.15, 0.2) is 48.5 Å². The molecule has 0 aliphatic heterocycles. The standard InChI is InChI=1S/C21H26N4/c1-15-6-8-16(9-7-15)14-25-20-5-3-2-4-19(20)24-21(25)23-18-12-10-17(22)11-13-18/h2-9,17-18H,10-14,22H2,1H3,(H,23,24). The Hall–Kier alpha value is -2.33. The third-order valence-electron chi connectivity index (χ3n) is 5.22. The molecule has 0 bridgehead atoms. The Kier molecular flexibility index (Phi) is 4.45.